The zero-order chi connectivity index (χ0) is 16.2. The summed E-state index contributed by atoms with van der Waals surface area (Å²) in [5.74, 6) is 0.566. The molecular weight excluding hydrogens is 322 g/mol. The summed E-state index contributed by atoms with van der Waals surface area (Å²) in [4.78, 5) is 20.3. The maximum Gasteiger partial charge on any atom is 0.225 e. The van der Waals surface area contributed by atoms with Crippen molar-refractivity contribution >= 4 is 29.2 Å². The third kappa shape index (κ3) is 3.93. The minimum absolute atomic E-state index is 0. The van der Waals surface area contributed by atoms with Crippen molar-refractivity contribution in [1.82, 2.24) is 14.8 Å². The van der Waals surface area contributed by atoms with E-state index >= 15 is 0 Å². The number of carbonyl (C=O) groups is 1. The molecule has 0 radical (unpaired) electrons. The van der Waals surface area contributed by atoms with Crippen LogP contribution >= 0.6 is 12.4 Å². The van der Waals surface area contributed by atoms with Gasteiger partial charge in [0.1, 0.15) is 0 Å². The number of aromatic nitrogens is 1. The third-order valence-electron chi connectivity index (χ3n) is 5.08. The van der Waals surface area contributed by atoms with E-state index in [4.69, 9.17) is 0 Å². The molecule has 0 aliphatic carbocycles. The highest BCUT2D eigenvalue weighted by atomic mass is 35.5. The fourth-order valence-corrected chi connectivity index (χ4v) is 3.63. The van der Waals surface area contributed by atoms with Crippen molar-refractivity contribution in [3.63, 3.8) is 0 Å². The van der Waals surface area contributed by atoms with E-state index in [-0.39, 0.29) is 18.3 Å². The van der Waals surface area contributed by atoms with Gasteiger partial charge in [0.25, 0.3) is 0 Å². The Kier molecular flexibility index (Phi) is 6.69. The number of nitrogens with one attached hydrogen (secondary N) is 1. The lowest BCUT2D eigenvalue weighted by Crippen LogP contribution is -2.42. The van der Waals surface area contributed by atoms with Gasteiger partial charge in [0, 0.05) is 42.7 Å². The van der Waals surface area contributed by atoms with Gasteiger partial charge in [-0.05, 0) is 51.4 Å². The Morgan fingerprint density at radius 2 is 1.88 bits per heavy atom. The molecule has 0 atom stereocenters. The van der Waals surface area contributed by atoms with Gasteiger partial charge < -0.3 is 9.88 Å². The fourth-order valence-electron chi connectivity index (χ4n) is 3.63. The standard InChI is InChI=1S/C19H27N3O.ClH/c1-3-22(4-2)19(23)15-9-11-21(12-10-15)14-16-13-20-18-8-6-5-7-17(16)18;/h5-8,13,15,20H,3-4,9-12,14H2,1-2H3;1H. The van der Waals surface area contributed by atoms with Crippen LogP contribution in [0.5, 0.6) is 0 Å². The lowest BCUT2D eigenvalue weighted by molar-refractivity contribution is -0.136. The molecular formula is C19H28ClN3O. The van der Waals surface area contributed by atoms with Crippen molar-refractivity contribution in [2.45, 2.75) is 33.2 Å². The molecule has 0 saturated carbocycles. The average molecular weight is 350 g/mol. The number of amides is 1. The number of benzene rings is 1. The normalized spacial score (nSPS) is 16.1. The number of nitrogens with zero attached hydrogens (tertiary/aromatic N) is 2. The van der Waals surface area contributed by atoms with E-state index in [1.165, 1.54) is 16.5 Å². The van der Waals surface area contributed by atoms with Gasteiger partial charge in [0.15, 0.2) is 0 Å². The lowest BCUT2D eigenvalue weighted by Gasteiger charge is -2.33. The smallest absolute Gasteiger partial charge is 0.225 e. The summed E-state index contributed by atoms with van der Waals surface area (Å²) < 4.78 is 0. The van der Waals surface area contributed by atoms with Crippen molar-refractivity contribution in [2.75, 3.05) is 26.2 Å². The van der Waals surface area contributed by atoms with Crippen LogP contribution in [0.4, 0.5) is 0 Å². The van der Waals surface area contributed by atoms with Gasteiger partial charge in [-0.15, -0.1) is 12.4 Å². The highest BCUT2D eigenvalue weighted by molar-refractivity contribution is 5.85. The van der Waals surface area contributed by atoms with E-state index in [0.717, 1.165) is 45.6 Å². The fraction of sp³-hybridized carbons (Fsp3) is 0.526. The van der Waals surface area contributed by atoms with Crippen LogP contribution in [-0.4, -0.2) is 46.9 Å². The Balaban J connectivity index is 0.00000208. The Bertz CT molecular complexity index is 657. The summed E-state index contributed by atoms with van der Waals surface area (Å²) >= 11 is 0. The third-order valence-corrected chi connectivity index (χ3v) is 5.08. The van der Waals surface area contributed by atoms with Gasteiger partial charge in [-0.2, -0.15) is 0 Å². The molecule has 132 valence electrons. The molecule has 1 N–H and O–H groups in total. The van der Waals surface area contributed by atoms with Gasteiger partial charge >= 0.3 is 0 Å². The first kappa shape index (κ1) is 18.8. The summed E-state index contributed by atoms with van der Waals surface area (Å²) in [7, 11) is 0. The first-order chi connectivity index (χ1) is 11.2. The largest absolute Gasteiger partial charge is 0.361 e. The molecule has 3 rings (SSSR count). The maximum absolute atomic E-state index is 12.5. The molecule has 24 heavy (non-hydrogen) atoms. The lowest BCUT2D eigenvalue weighted by atomic mass is 9.95. The van der Waals surface area contributed by atoms with Crippen LogP contribution in [0, 0.1) is 5.92 Å². The molecule has 1 amide bonds. The minimum Gasteiger partial charge on any atom is -0.361 e. The summed E-state index contributed by atoms with van der Waals surface area (Å²) in [6.45, 7) is 8.77. The number of para-hydroxylation sites is 1. The van der Waals surface area contributed by atoms with Gasteiger partial charge in [-0.1, -0.05) is 18.2 Å². The molecule has 1 aliphatic heterocycles. The van der Waals surface area contributed by atoms with Crippen LogP contribution in [0.2, 0.25) is 0 Å². The predicted octanol–water partition coefficient (Wildman–Crippen LogP) is 3.67. The summed E-state index contributed by atoms with van der Waals surface area (Å²) in [5.41, 5.74) is 2.56. The molecule has 1 aliphatic rings. The van der Waals surface area contributed by atoms with Gasteiger partial charge in [-0.3, -0.25) is 9.69 Å². The number of carbonyl (C=O) groups excluding carboxylic acids is 1. The van der Waals surface area contributed by atoms with Gasteiger partial charge in [0.05, 0.1) is 0 Å². The van der Waals surface area contributed by atoms with Crippen LogP contribution in [0.25, 0.3) is 10.9 Å². The van der Waals surface area contributed by atoms with Crippen molar-refractivity contribution in [3.05, 3.63) is 36.0 Å². The SMILES string of the molecule is CCN(CC)C(=O)C1CCN(Cc2c[nH]c3ccccc23)CC1.Cl. The zero-order valence-corrected chi connectivity index (χ0v) is 15.4. The van der Waals surface area contributed by atoms with Crippen molar-refractivity contribution in [3.8, 4) is 0 Å². The highest BCUT2D eigenvalue weighted by Crippen LogP contribution is 2.24. The van der Waals surface area contributed by atoms with Crippen LogP contribution < -0.4 is 0 Å². The van der Waals surface area contributed by atoms with Gasteiger partial charge in [-0.25, -0.2) is 0 Å². The van der Waals surface area contributed by atoms with Crippen LogP contribution in [0.3, 0.4) is 0 Å². The molecule has 0 spiro atoms. The molecule has 5 heteroatoms. The summed E-state index contributed by atoms with van der Waals surface area (Å²) in [5, 5.41) is 1.31. The number of hydrogen-bond donors (Lipinski definition) is 1. The molecule has 0 bridgehead atoms. The number of aromatic amines is 1. The van der Waals surface area contributed by atoms with Crippen molar-refractivity contribution in [1.29, 1.82) is 0 Å². The van der Waals surface area contributed by atoms with Crippen LogP contribution in [0.1, 0.15) is 32.3 Å². The summed E-state index contributed by atoms with van der Waals surface area (Å²) in [6, 6.07) is 8.45. The number of likely N-dealkylation sites (tertiary alicyclic amines) is 1. The van der Waals surface area contributed by atoms with E-state index in [1.54, 1.807) is 0 Å². The minimum atomic E-state index is 0. The average Bonchev–Trinajstić information content (AvgIpc) is 3.00. The predicted molar refractivity (Wildman–Crippen MR) is 101 cm³/mol. The Morgan fingerprint density at radius 1 is 1.21 bits per heavy atom. The first-order valence-electron chi connectivity index (χ1n) is 8.79. The maximum atomic E-state index is 12.5. The van der Waals surface area contributed by atoms with Gasteiger partial charge in [0.2, 0.25) is 5.91 Å². The molecule has 1 aromatic heterocycles. The van der Waals surface area contributed by atoms with Crippen LogP contribution in [-0.2, 0) is 11.3 Å². The molecule has 0 unspecified atom stereocenters. The second kappa shape index (κ2) is 8.54. The molecule has 2 aromatic rings. The van der Waals surface area contributed by atoms with Crippen LogP contribution in [0.15, 0.2) is 30.5 Å². The molecule has 1 saturated heterocycles. The van der Waals surface area contributed by atoms with Crippen molar-refractivity contribution < 1.29 is 4.79 Å². The number of halogens is 1. The van der Waals surface area contributed by atoms with E-state index in [1.807, 2.05) is 4.90 Å². The highest BCUT2D eigenvalue weighted by Gasteiger charge is 2.27. The number of hydrogen-bond acceptors (Lipinski definition) is 2. The Hall–Kier alpha value is -1.52. The molecule has 1 aromatic carbocycles. The van der Waals surface area contributed by atoms with E-state index in [9.17, 15) is 4.79 Å². The number of rotatable bonds is 5. The van der Waals surface area contributed by atoms with E-state index in [0.29, 0.717) is 5.91 Å². The molecule has 1 fully saturated rings. The molecule has 4 nitrogen and oxygen atoms in total. The summed E-state index contributed by atoms with van der Waals surface area (Å²) in [6.07, 6.45) is 4.09. The second-order valence-electron chi connectivity index (χ2n) is 6.42. The Labute approximate surface area is 150 Å². The van der Waals surface area contributed by atoms with E-state index < -0.39 is 0 Å². The zero-order valence-electron chi connectivity index (χ0n) is 14.6. The monoisotopic (exact) mass is 349 g/mol. The van der Waals surface area contributed by atoms with Crippen molar-refractivity contribution in [2.24, 2.45) is 5.92 Å². The number of piperidine rings is 1. The number of H-pyrrole nitrogens is 1. The molecule has 2 heterocycles. The Morgan fingerprint density at radius 3 is 2.54 bits per heavy atom. The second-order valence-corrected chi connectivity index (χ2v) is 6.42. The topological polar surface area (TPSA) is 39.3 Å². The quantitative estimate of drug-likeness (QED) is 0.894. The van der Waals surface area contributed by atoms with E-state index in [2.05, 4.69) is 54.2 Å². The number of fused-ring (bicyclic) bond motifs is 1. The first-order valence-corrected chi connectivity index (χ1v) is 8.79.